The van der Waals surface area contributed by atoms with E-state index < -0.39 is 35.3 Å². The number of carboxylic acids is 1. The number of carbonyl (C=O) groups excluding carboxylic acids is 2. The molecule has 0 aromatic heterocycles. The number of para-hydroxylation sites is 1. The number of amides is 2. The van der Waals surface area contributed by atoms with E-state index in [-0.39, 0.29) is 18.9 Å². The minimum atomic E-state index is -1.63. The summed E-state index contributed by atoms with van der Waals surface area (Å²) >= 11 is 0. The second-order valence-corrected chi connectivity index (χ2v) is 9.45. The number of nitrogens with one attached hydrogen (secondary N) is 1. The number of nitrogens with zero attached hydrogens (tertiary/aromatic N) is 1. The van der Waals surface area contributed by atoms with Crippen molar-refractivity contribution in [1.29, 1.82) is 0 Å². The van der Waals surface area contributed by atoms with Gasteiger partial charge in [0.2, 0.25) is 11.8 Å². The van der Waals surface area contributed by atoms with Crippen molar-refractivity contribution in [1.82, 2.24) is 10.2 Å². The monoisotopic (exact) mass is 496 g/mol. The number of carbonyl (C=O) groups is 3. The molecule has 0 bridgehead atoms. The van der Waals surface area contributed by atoms with Crippen LogP contribution in [0, 0.1) is 11.8 Å². The summed E-state index contributed by atoms with van der Waals surface area (Å²) in [6.07, 6.45) is 2.16. The number of hydrogen-bond acceptors (Lipinski definition) is 5. The molecule has 2 fully saturated rings. The van der Waals surface area contributed by atoms with Gasteiger partial charge in [0, 0.05) is 19.0 Å². The highest BCUT2D eigenvalue weighted by atomic mass is 16.5. The molecule has 7 nitrogen and oxygen atoms in total. The van der Waals surface area contributed by atoms with Gasteiger partial charge in [-0.05, 0) is 41.8 Å². The van der Waals surface area contributed by atoms with Crippen LogP contribution < -0.4 is 10.1 Å². The van der Waals surface area contributed by atoms with Crippen molar-refractivity contribution >= 4 is 17.8 Å². The van der Waals surface area contributed by atoms with Crippen molar-refractivity contribution in [3.63, 3.8) is 0 Å². The maximum Gasteiger partial charge on any atom is 0.325 e. The van der Waals surface area contributed by atoms with Crippen molar-refractivity contribution in [2.24, 2.45) is 11.8 Å². The predicted molar refractivity (Wildman–Crippen MR) is 138 cm³/mol. The fourth-order valence-corrected chi connectivity index (χ4v) is 5.51. The molecule has 0 radical (unpaired) electrons. The lowest BCUT2D eigenvalue weighted by Crippen LogP contribution is -2.57. The number of imide groups is 1. The van der Waals surface area contributed by atoms with Gasteiger partial charge in [0.05, 0.1) is 11.8 Å². The van der Waals surface area contributed by atoms with Gasteiger partial charge in [-0.1, -0.05) is 66.7 Å². The minimum Gasteiger partial charge on any atom is -0.480 e. The Kier molecular flexibility index (Phi) is 6.63. The van der Waals surface area contributed by atoms with Crippen molar-refractivity contribution in [3.05, 3.63) is 109 Å². The van der Waals surface area contributed by atoms with Gasteiger partial charge in [-0.25, -0.2) is 0 Å². The zero-order valence-corrected chi connectivity index (χ0v) is 20.2. The van der Waals surface area contributed by atoms with Crippen molar-refractivity contribution < 1.29 is 24.2 Å². The van der Waals surface area contributed by atoms with Crippen LogP contribution in [0.5, 0.6) is 11.5 Å². The van der Waals surface area contributed by atoms with E-state index in [1.165, 1.54) is 4.90 Å². The Hall–Kier alpha value is -4.23. The van der Waals surface area contributed by atoms with Crippen molar-refractivity contribution in [2.75, 3.05) is 6.54 Å². The Labute approximate surface area is 215 Å². The highest BCUT2D eigenvalue weighted by Crippen LogP contribution is 2.50. The van der Waals surface area contributed by atoms with E-state index in [0.29, 0.717) is 17.9 Å². The smallest absolute Gasteiger partial charge is 0.325 e. The minimum absolute atomic E-state index is 0.0738. The molecule has 0 saturated carbocycles. The fraction of sp³-hybridized carbons (Fsp3) is 0.233. The van der Waals surface area contributed by atoms with Crippen molar-refractivity contribution in [2.45, 2.75) is 24.4 Å². The first kappa shape index (κ1) is 24.5. The number of carboxylic acid groups (broad SMARTS) is 1. The SMILES string of the molecule is C=CCCN1C(=O)C2C(c3ccc(Oc4ccccc4)cc3)NC(Cc3ccccc3)(C(=O)O)C2C1=O. The molecule has 2 aliphatic heterocycles. The maximum absolute atomic E-state index is 13.6. The van der Waals surface area contributed by atoms with E-state index in [4.69, 9.17) is 4.74 Å². The summed E-state index contributed by atoms with van der Waals surface area (Å²) in [5.41, 5.74) is -0.141. The standard InChI is InChI=1S/C30H28N2O5/c1-2-3-18-32-27(33)24-25(28(32)34)30(29(35)36,19-20-10-6-4-7-11-20)31-26(24)21-14-16-23(17-15-21)37-22-12-8-5-9-13-22/h2,4-17,24-26,31H,1,3,18-19H2,(H,35,36). The Morgan fingerprint density at radius 2 is 1.57 bits per heavy atom. The molecule has 2 heterocycles. The molecule has 0 spiro atoms. The molecule has 5 rings (SSSR count). The quantitative estimate of drug-likeness (QED) is 0.338. The van der Waals surface area contributed by atoms with Crippen LogP contribution in [0.3, 0.4) is 0 Å². The molecule has 0 aliphatic carbocycles. The third kappa shape index (κ3) is 4.42. The Morgan fingerprint density at radius 3 is 2.19 bits per heavy atom. The lowest BCUT2D eigenvalue weighted by Gasteiger charge is -2.31. The summed E-state index contributed by atoms with van der Waals surface area (Å²) in [6, 6.07) is 25.1. The topological polar surface area (TPSA) is 95.9 Å². The largest absolute Gasteiger partial charge is 0.480 e. The van der Waals surface area contributed by atoms with Crippen LogP contribution in [0.4, 0.5) is 0 Å². The summed E-state index contributed by atoms with van der Waals surface area (Å²) in [5, 5.41) is 13.8. The van der Waals surface area contributed by atoms with Gasteiger partial charge in [0.1, 0.15) is 17.0 Å². The molecule has 188 valence electrons. The van der Waals surface area contributed by atoms with Gasteiger partial charge in [-0.2, -0.15) is 0 Å². The van der Waals surface area contributed by atoms with Crippen LogP contribution in [0.2, 0.25) is 0 Å². The second kappa shape index (κ2) is 10.0. The lowest BCUT2D eigenvalue weighted by molar-refractivity contribution is -0.151. The average molecular weight is 497 g/mol. The van der Waals surface area contributed by atoms with E-state index in [2.05, 4.69) is 11.9 Å². The molecule has 2 amide bonds. The van der Waals surface area contributed by atoms with Crippen LogP contribution in [0.25, 0.3) is 0 Å². The highest BCUT2D eigenvalue weighted by molar-refractivity contribution is 6.09. The average Bonchev–Trinajstić information content (AvgIpc) is 3.38. The first-order chi connectivity index (χ1) is 17.9. The number of fused-ring (bicyclic) bond motifs is 1. The zero-order chi connectivity index (χ0) is 26.0. The maximum atomic E-state index is 13.6. The summed E-state index contributed by atoms with van der Waals surface area (Å²) in [6.45, 7) is 3.88. The fourth-order valence-electron chi connectivity index (χ4n) is 5.51. The molecular weight excluding hydrogens is 468 g/mol. The van der Waals surface area contributed by atoms with Gasteiger partial charge in [-0.3, -0.25) is 24.6 Å². The zero-order valence-electron chi connectivity index (χ0n) is 20.2. The summed E-state index contributed by atoms with van der Waals surface area (Å²) in [5.74, 6) is -2.52. The first-order valence-corrected chi connectivity index (χ1v) is 12.3. The molecule has 4 atom stereocenters. The summed E-state index contributed by atoms with van der Waals surface area (Å²) in [4.78, 5) is 41.3. The molecule has 2 saturated heterocycles. The Morgan fingerprint density at radius 1 is 0.946 bits per heavy atom. The van der Waals surface area contributed by atoms with Gasteiger partial charge >= 0.3 is 5.97 Å². The van der Waals surface area contributed by atoms with Crippen LogP contribution in [0.1, 0.15) is 23.6 Å². The van der Waals surface area contributed by atoms with Gasteiger partial charge in [0.15, 0.2) is 0 Å². The van der Waals surface area contributed by atoms with E-state index in [9.17, 15) is 19.5 Å². The second-order valence-electron chi connectivity index (χ2n) is 9.45. The molecular formula is C30H28N2O5. The molecule has 3 aromatic carbocycles. The van der Waals surface area contributed by atoms with Crippen molar-refractivity contribution in [3.8, 4) is 11.5 Å². The molecule has 2 aliphatic rings. The number of rotatable bonds is 9. The van der Waals surface area contributed by atoms with Crippen LogP contribution in [-0.2, 0) is 20.8 Å². The third-order valence-electron chi connectivity index (χ3n) is 7.23. The van der Waals surface area contributed by atoms with Gasteiger partial charge in [-0.15, -0.1) is 6.58 Å². The molecule has 2 N–H and O–H groups in total. The van der Waals surface area contributed by atoms with E-state index >= 15 is 0 Å². The Bertz CT molecular complexity index is 1310. The Balaban J connectivity index is 1.52. The number of likely N-dealkylation sites (tertiary alicyclic amines) is 1. The van der Waals surface area contributed by atoms with E-state index in [1.807, 2.05) is 72.8 Å². The van der Waals surface area contributed by atoms with Crippen LogP contribution >= 0.6 is 0 Å². The lowest BCUT2D eigenvalue weighted by atomic mass is 9.76. The summed E-state index contributed by atoms with van der Waals surface area (Å²) in [7, 11) is 0. The highest BCUT2D eigenvalue weighted by Gasteiger charge is 2.68. The van der Waals surface area contributed by atoms with Crippen LogP contribution in [0.15, 0.2) is 97.6 Å². The molecule has 3 aromatic rings. The van der Waals surface area contributed by atoms with Crippen LogP contribution in [-0.4, -0.2) is 39.9 Å². The predicted octanol–water partition coefficient (Wildman–Crippen LogP) is 4.37. The first-order valence-electron chi connectivity index (χ1n) is 12.3. The normalized spacial score (nSPS) is 24.6. The number of benzene rings is 3. The number of aliphatic carboxylic acids is 1. The molecule has 37 heavy (non-hydrogen) atoms. The molecule has 4 unspecified atom stereocenters. The number of hydrogen-bond donors (Lipinski definition) is 2. The number of ether oxygens (including phenoxy) is 1. The van der Waals surface area contributed by atoms with E-state index in [0.717, 1.165) is 11.1 Å². The molecule has 7 heteroatoms. The van der Waals surface area contributed by atoms with E-state index in [1.54, 1.807) is 18.2 Å². The van der Waals surface area contributed by atoms with Gasteiger partial charge in [0.25, 0.3) is 0 Å². The third-order valence-corrected chi connectivity index (χ3v) is 7.23. The summed E-state index contributed by atoms with van der Waals surface area (Å²) < 4.78 is 5.89. The van der Waals surface area contributed by atoms with Gasteiger partial charge < -0.3 is 9.84 Å².